The minimum Gasteiger partial charge on any atom is -0.383 e. The molecule has 1 aromatic rings. The van der Waals surface area contributed by atoms with Crippen LogP contribution in [-0.2, 0) is 0 Å². The number of halogens is 1. The lowest BCUT2D eigenvalue weighted by Crippen LogP contribution is -2.60. The van der Waals surface area contributed by atoms with E-state index in [1.165, 1.54) is 25.0 Å². The van der Waals surface area contributed by atoms with Crippen LogP contribution in [0.2, 0.25) is 0 Å². The fourth-order valence-electron chi connectivity index (χ4n) is 3.05. The number of fused-ring (bicyclic) bond motifs is 2. The molecule has 0 aromatic heterocycles. The van der Waals surface area contributed by atoms with Crippen molar-refractivity contribution in [2.45, 2.75) is 31.8 Å². The van der Waals surface area contributed by atoms with Gasteiger partial charge in [0.2, 0.25) is 0 Å². The maximum absolute atomic E-state index is 12.8. The number of hydrogen-bond donors (Lipinski definition) is 2. The Morgan fingerprint density at radius 2 is 2.00 bits per heavy atom. The highest BCUT2D eigenvalue weighted by atomic mass is 19.1. The number of anilines is 1. The molecule has 3 heteroatoms. The molecule has 3 fully saturated rings. The quantitative estimate of drug-likeness (QED) is 0.840. The van der Waals surface area contributed by atoms with Gasteiger partial charge in [-0.15, -0.1) is 0 Å². The zero-order chi connectivity index (χ0) is 11.8. The Morgan fingerprint density at radius 1 is 1.29 bits per heavy atom. The summed E-state index contributed by atoms with van der Waals surface area (Å²) in [5, 5.41) is 7.06. The summed E-state index contributed by atoms with van der Waals surface area (Å²) in [4.78, 5) is 0. The van der Waals surface area contributed by atoms with Crippen LogP contribution in [0.4, 0.5) is 10.1 Å². The van der Waals surface area contributed by atoms with Gasteiger partial charge in [0, 0.05) is 24.3 Å². The van der Waals surface area contributed by atoms with E-state index in [0.717, 1.165) is 30.1 Å². The maximum Gasteiger partial charge on any atom is 0.123 e. The van der Waals surface area contributed by atoms with E-state index in [1.807, 2.05) is 0 Å². The van der Waals surface area contributed by atoms with Crippen molar-refractivity contribution in [1.82, 2.24) is 5.32 Å². The third-order valence-electron chi connectivity index (χ3n) is 4.37. The van der Waals surface area contributed by atoms with Gasteiger partial charge < -0.3 is 10.6 Å². The minimum absolute atomic E-state index is 0.180. The Balaban J connectivity index is 1.55. The molecule has 0 amide bonds. The van der Waals surface area contributed by atoms with Crippen molar-refractivity contribution in [3.05, 3.63) is 30.1 Å². The number of nitrogens with one attached hydrogen (secondary N) is 2. The van der Waals surface area contributed by atoms with Gasteiger partial charge in [-0.2, -0.15) is 0 Å². The van der Waals surface area contributed by atoms with E-state index >= 15 is 0 Å². The molecule has 2 atom stereocenters. The van der Waals surface area contributed by atoms with Crippen LogP contribution in [-0.4, -0.2) is 18.6 Å². The van der Waals surface area contributed by atoms with Crippen LogP contribution < -0.4 is 10.6 Å². The summed E-state index contributed by atoms with van der Waals surface area (Å²) in [6, 6.07) is 7.89. The largest absolute Gasteiger partial charge is 0.383 e. The monoisotopic (exact) mass is 234 g/mol. The first-order valence-electron chi connectivity index (χ1n) is 6.48. The molecule has 1 unspecified atom stereocenters. The summed E-state index contributed by atoms with van der Waals surface area (Å²) < 4.78 is 12.8. The maximum atomic E-state index is 12.8. The van der Waals surface area contributed by atoms with Crippen LogP contribution in [0.25, 0.3) is 0 Å². The minimum atomic E-state index is -0.180. The molecule has 1 aromatic carbocycles. The molecule has 2 nitrogen and oxygen atoms in total. The third-order valence-corrected chi connectivity index (χ3v) is 4.37. The van der Waals surface area contributed by atoms with Crippen LogP contribution in [0.3, 0.4) is 0 Å². The van der Waals surface area contributed by atoms with Crippen molar-refractivity contribution in [3.63, 3.8) is 0 Å². The molecule has 4 rings (SSSR count). The van der Waals surface area contributed by atoms with Crippen molar-refractivity contribution < 1.29 is 4.39 Å². The summed E-state index contributed by atoms with van der Waals surface area (Å²) >= 11 is 0. The topological polar surface area (TPSA) is 24.1 Å². The van der Waals surface area contributed by atoms with Gasteiger partial charge >= 0.3 is 0 Å². The average molecular weight is 234 g/mol. The van der Waals surface area contributed by atoms with Gasteiger partial charge in [0.15, 0.2) is 0 Å². The van der Waals surface area contributed by atoms with Gasteiger partial charge in [0.05, 0.1) is 0 Å². The molecule has 2 aliphatic heterocycles. The fourth-order valence-corrected chi connectivity index (χ4v) is 3.05. The highest BCUT2D eigenvalue weighted by Gasteiger charge is 2.42. The summed E-state index contributed by atoms with van der Waals surface area (Å²) in [6.45, 7) is 3.27. The Bertz CT molecular complexity index is 384. The first-order chi connectivity index (χ1) is 8.22. The SMILES string of the molecule is C[C@@H]1C2CC(C2)NC1CNc1ccc(F)cc1. The average Bonchev–Trinajstić information content (AvgIpc) is 2.28. The number of hydrogen-bond acceptors (Lipinski definition) is 2. The van der Waals surface area contributed by atoms with E-state index in [2.05, 4.69) is 17.6 Å². The molecule has 2 heterocycles. The molecule has 3 aliphatic rings. The normalized spacial score (nSPS) is 35.2. The molecule has 17 heavy (non-hydrogen) atoms. The molecular weight excluding hydrogens is 215 g/mol. The highest BCUT2D eigenvalue weighted by Crippen LogP contribution is 2.40. The van der Waals surface area contributed by atoms with Crippen LogP contribution in [0.1, 0.15) is 19.8 Å². The Kier molecular flexibility index (Phi) is 2.79. The van der Waals surface area contributed by atoms with Crippen molar-refractivity contribution in [2.75, 3.05) is 11.9 Å². The molecular formula is C14H19FN2. The van der Waals surface area contributed by atoms with E-state index in [4.69, 9.17) is 0 Å². The molecule has 92 valence electrons. The lowest BCUT2D eigenvalue weighted by Gasteiger charge is -2.51. The molecule has 2 saturated heterocycles. The van der Waals surface area contributed by atoms with Gasteiger partial charge in [-0.25, -0.2) is 4.39 Å². The second kappa shape index (κ2) is 4.30. The van der Waals surface area contributed by atoms with E-state index in [9.17, 15) is 4.39 Å². The van der Waals surface area contributed by atoms with Crippen molar-refractivity contribution >= 4 is 5.69 Å². The Hall–Kier alpha value is -1.09. The fraction of sp³-hybridized carbons (Fsp3) is 0.571. The summed E-state index contributed by atoms with van der Waals surface area (Å²) in [7, 11) is 0. The predicted octanol–water partition coefficient (Wildman–Crippen LogP) is 2.62. The van der Waals surface area contributed by atoms with Crippen molar-refractivity contribution in [2.24, 2.45) is 11.8 Å². The predicted molar refractivity (Wildman–Crippen MR) is 67.5 cm³/mol. The molecule has 1 aliphatic carbocycles. The second-order valence-corrected chi connectivity index (χ2v) is 5.45. The van der Waals surface area contributed by atoms with Gasteiger partial charge in [-0.05, 0) is 48.9 Å². The third kappa shape index (κ3) is 2.16. The lowest BCUT2D eigenvalue weighted by atomic mass is 9.66. The summed E-state index contributed by atoms with van der Waals surface area (Å²) in [6.07, 6.45) is 2.71. The van der Waals surface area contributed by atoms with Gasteiger partial charge in [0.1, 0.15) is 5.82 Å². The first-order valence-corrected chi connectivity index (χ1v) is 6.48. The number of piperidine rings is 2. The Labute approximate surface area is 102 Å². The highest BCUT2D eigenvalue weighted by molar-refractivity contribution is 5.43. The molecule has 1 saturated carbocycles. The van der Waals surface area contributed by atoms with E-state index < -0.39 is 0 Å². The molecule has 2 bridgehead atoms. The van der Waals surface area contributed by atoms with E-state index in [-0.39, 0.29) is 5.82 Å². The lowest BCUT2D eigenvalue weighted by molar-refractivity contribution is 0.0592. The molecule has 0 spiro atoms. The number of benzene rings is 1. The van der Waals surface area contributed by atoms with Gasteiger partial charge in [0.25, 0.3) is 0 Å². The van der Waals surface area contributed by atoms with E-state index in [1.54, 1.807) is 12.1 Å². The standard InChI is InChI=1S/C14H19FN2/c1-9-10-6-13(7-10)17-14(9)8-16-12-4-2-11(15)3-5-12/h2-5,9-10,13-14,16-17H,6-8H2,1H3/t9-,10?,13?,14?/m1/s1. The van der Waals surface area contributed by atoms with E-state index in [0.29, 0.717) is 6.04 Å². The zero-order valence-corrected chi connectivity index (χ0v) is 10.1. The summed E-state index contributed by atoms with van der Waals surface area (Å²) in [5.41, 5.74) is 1.000. The zero-order valence-electron chi connectivity index (χ0n) is 10.1. The molecule has 2 N–H and O–H groups in total. The smallest absolute Gasteiger partial charge is 0.123 e. The van der Waals surface area contributed by atoms with Crippen LogP contribution in [0.5, 0.6) is 0 Å². The Morgan fingerprint density at radius 3 is 2.65 bits per heavy atom. The number of rotatable bonds is 3. The van der Waals surface area contributed by atoms with Crippen molar-refractivity contribution in [3.8, 4) is 0 Å². The van der Waals surface area contributed by atoms with Gasteiger partial charge in [-0.3, -0.25) is 0 Å². The first kappa shape index (κ1) is 11.0. The van der Waals surface area contributed by atoms with Crippen LogP contribution in [0, 0.1) is 17.7 Å². The second-order valence-electron chi connectivity index (χ2n) is 5.45. The molecule has 0 radical (unpaired) electrons. The summed E-state index contributed by atoms with van der Waals surface area (Å²) in [5.74, 6) is 1.48. The van der Waals surface area contributed by atoms with Crippen molar-refractivity contribution in [1.29, 1.82) is 0 Å². The van der Waals surface area contributed by atoms with Crippen LogP contribution >= 0.6 is 0 Å². The van der Waals surface area contributed by atoms with Crippen LogP contribution in [0.15, 0.2) is 24.3 Å². The van der Waals surface area contributed by atoms with Gasteiger partial charge in [-0.1, -0.05) is 6.92 Å².